The molecule has 0 spiro atoms. The van der Waals surface area contributed by atoms with Crippen LogP contribution in [0.3, 0.4) is 0 Å². The van der Waals surface area contributed by atoms with Crippen molar-refractivity contribution in [3.63, 3.8) is 0 Å². The monoisotopic (exact) mass is 416 g/mol. The fraction of sp³-hybridized carbons (Fsp3) is 0.0833. The zero-order valence-corrected chi connectivity index (χ0v) is 17.3. The summed E-state index contributed by atoms with van der Waals surface area (Å²) in [5, 5.41) is 0. The van der Waals surface area contributed by atoms with Crippen LogP contribution in [-0.4, -0.2) is 28.9 Å². The number of hydrogen-bond donors (Lipinski definition) is 0. The molecule has 1 aliphatic heterocycles. The van der Waals surface area contributed by atoms with Gasteiger partial charge in [0.1, 0.15) is 0 Å². The Morgan fingerprint density at radius 2 is 1.00 bits per heavy atom. The molecule has 134 valence electrons. The fourth-order valence-corrected chi connectivity index (χ4v) is 8.61. The first-order valence-electron chi connectivity index (χ1n) is 8.86. The third-order valence-electron chi connectivity index (χ3n) is 4.67. The molecule has 3 heteroatoms. The second-order valence-corrected chi connectivity index (χ2v) is 10.7. The van der Waals surface area contributed by atoms with Crippen molar-refractivity contribution < 1.29 is 9.47 Å². The SMILES string of the molecule is COc1ccc(C2=CC=C(c3ccc(OC)cc3)[As]2c2ccccc2)cc1. The van der Waals surface area contributed by atoms with E-state index in [4.69, 9.17) is 9.47 Å². The van der Waals surface area contributed by atoms with Crippen molar-refractivity contribution in [1.29, 1.82) is 0 Å². The van der Waals surface area contributed by atoms with Gasteiger partial charge in [-0.15, -0.1) is 0 Å². The van der Waals surface area contributed by atoms with Crippen LogP contribution in [0.1, 0.15) is 11.1 Å². The van der Waals surface area contributed by atoms with Crippen LogP contribution in [0.15, 0.2) is 91.0 Å². The van der Waals surface area contributed by atoms with E-state index in [9.17, 15) is 0 Å². The van der Waals surface area contributed by atoms with Crippen molar-refractivity contribution in [3.05, 3.63) is 102 Å². The van der Waals surface area contributed by atoms with E-state index in [1.54, 1.807) is 14.2 Å². The fourth-order valence-electron chi connectivity index (χ4n) is 3.27. The molecule has 0 saturated heterocycles. The van der Waals surface area contributed by atoms with Crippen LogP contribution in [0.4, 0.5) is 0 Å². The Labute approximate surface area is 165 Å². The number of allylic oxidation sites excluding steroid dienone is 2. The molecule has 0 saturated carbocycles. The van der Waals surface area contributed by atoms with Gasteiger partial charge in [-0.05, 0) is 0 Å². The number of benzene rings is 3. The zero-order chi connectivity index (χ0) is 18.6. The maximum absolute atomic E-state index is 5.32. The zero-order valence-electron chi connectivity index (χ0n) is 15.4. The van der Waals surface area contributed by atoms with E-state index in [1.807, 2.05) is 24.3 Å². The molecule has 0 unspecified atom stereocenters. The number of methoxy groups -OCH3 is 2. The van der Waals surface area contributed by atoms with Crippen LogP contribution in [0, 0.1) is 0 Å². The van der Waals surface area contributed by atoms with Crippen molar-refractivity contribution in [3.8, 4) is 11.5 Å². The topological polar surface area (TPSA) is 18.5 Å². The Balaban J connectivity index is 1.74. The Hall–Kier alpha value is -2.70. The standard InChI is InChI=1S/C24H21AsO2/c1-26-21-12-8-18(9-13-21)23-16-17-24(19-10-14-22(27-2)15-11-19)25(23)20-6-4-3-5-7-20/h3-17H,1-2H3. The third-order valence-corrected chi connectivity index (χ3v) is 10.1. The molecule has 0 amide bonds. The maximum atomic E-state index is 5.32. The van der Waals surface area contributed by atoms with Crippen LogP contribution < -0.4 is 13.8 Å². The van der Waals surface area contributed by atoms with E-state index < -0.39 is 14.7 Å². The molecule has 0 fully saturated rings. The average Bonchev–Trinajstić information content (AvgIpc) is 3.19. The molecule has 1 aliphatic rings. The van der Waals surface area contributed by atoms with Gasteiger partial charge in [0, 0.05) is 0 Å². The number of ether oxygens (including phenoxy) is 2. The summed E-state index contributed by atoms with van der Waals surface area (Å²) >= 11 is -1.62. The second kappa shape index (κ2) is 7.90. The summed E-state index contributed by atoms with van der Waals surface area (Å²) < 4.78 is 15.0. The Morgan fingerprint density at radius 1 is 0.556 bits per heavy atom. The van der Waals surface area contributed by atoms with Gasteiger partial charge >= 0.3 is 165 Å². The minimum absolute atomic E-state index is 0.888. The van der Waals surface area contributed by atoms with Gasteiger partial charge in [0.25, 0.3) is 0 Å². The summed E-state index contributed by atoms with van der Waals surface area (Å²) in [6.45, 7) is 0. The van der Waals surface area contributed by atoms with E-state index in [0.29, 0.717) is 0 Å². The molecule has 0 N–H and O–H groups in total. The summed E-state index contributed by atoms with van der Waals surface area (Å²) in [7, 11) is 3.41. The van der Waals surface area contributed by atoms with Crippen LogP contribution in [0.5, 0.6) is 11.5 Å². The van der Waals surface area contributed by atoms with E-state index in [-0.39, 0.29) is 0 Å². The molecule has 3 aromatic rings. The quantitative estimate of drug-likeness (QED) is 0.563. The van der Waals surface area contributed by atoms with Crippen LogP contribution >= 0.6 is 0 Å². The number of hydrogen-bond acceptors (Lipinski definition) is 2. The molecule has 27 heavy (non-hydrogen) atoms. The van der Waals surface area contributed by atoms with Gasteiger partial charge < -0.3 is 0 Å². The Bertz CT molecular complexity index is 908. The first-order chi connectivity index (χ1) is 13.3. The predicted molar refractivity (Wildman–Crippen MR) is 114 cm³/mol. The van der Waals surface area contributed by atoms with Gasteiger partial charge in [-0.1, -0.05) is 0 Å². The molecular formula is C24H21AsO2. The van der Waals surface area contributed by atoms with Crippen molar-refractivity contribution in [2.24, 2.45) is 0 Å². The van der Waals surface area contributed by atoms with E-state index in [1.165, 1.54) is 24.2 Å². The van der Waals surface area contributed by atoms with Crippen molar-refractivity contribution in [2.75, 3.05) is 14.2 Å². The van der Waals surface area contributed by atoms with Crippen molar-refractivity contribution in [1.82, 2.24) is 0 Å². The average molecular weight is 416 g/mol. The molecule has 0 aromatic heterocycles. The molecule has 3 aromatic carbocycles. The predicted octanol–water partition coefficient (Wildman–Crippen LogP) is 4.66. The van der Waals surface area contributed by atoms with Crippen LogP contribution in [0.25, 0.3) is 8.72 Å². The number of rotatable bonds is 5. The van der Waals surface area contributed by atoms with Gasteiger partial charge in [-0.2, -0.15) is 0 Å². The molecule has 0 radical (unpaired) electrons. The third kappa shape index (κ3) is 3.58. The molecule has 0 atom stereocenters. The normalized spacial score (nSPS) is 13.9. The molecule has 1 heterocycles. The van der Waals surface area contributed by atoms with Crippen LogP contribution in [0.2, 0.25) is 0 Å². The minimum atomic E-state index is -1.62. The molecular weight excluding hydrogens is 395 g/mol. The van der Waals surface area contributed by atoms with Crippen molar-refractivity contribution >= 4 is 27.7 Å². The first-order valence-corrected chi connectivity index (χ1v) is 11.7. The van der Waals surface area contributed by atoms with Crippen LogP contribution in [-0.2, 0) is 0 Å². The first kappa shape index (κ1) is 17.7. The van der Waals surface area contributed by atoms with Gasteiger partial charge in [0.15, 0.2) is 0 Å². The molecule has 2 nitrogen and oxygen atoms in total. The second-order valence-electron chi connectivity index (χ2n) is 6.23. The van der Waals surface area contributed by atoms with Gasteiger partial charge in [-0.25, -0.2) is 0 Å². The van der Waals surface area contributed by atoms with Gasteiger partial charge in [-0.3, -0.25) is 0 Å². The van der Waals surface area contributed by atoms with E-state index in [2.05, 4.69) is 66.7 Å². The molecule has 0 aliphatic carbocycles. The molecule has 4 rings (SSSR count). The Kier molecular flexibility index (Phi) is 5.18. The summed E-state index contributed by atoms with van der Waals surface area (Å²) in [6.07, 6.45) is 4.60. The van der Waals surface area contributed by atoms with Crippen molar-refractivity contribution in [2.45, 2.75) is 0 Å². The summed E-state index contributed by atoms with van der Waals surface area (Å²) in [5.41, 5.74) is 2.55. The summed E-state index contributed by atoms with van der Waals surface area (Å²) in [6, 6.07) is 27.7. The Morgan fingerprint density at radius 3 is 1.41 bits per heavy atom. The van der Waals surface area contributed by atoms with E-state index >= 15 is 0 Å². The molecule has 0 bridgehead atoms. The van der Waals surface area contributed by atoms with Gasteiger partial charge in [0.2, 0.25) is 0 Å². The van der Waals surface area contributed by atoms with E-state index in [0.717, 1.165) is 11.5 Å². The summed E-state index contributed by atoms with van der Waals surface area (Å²) in [5.74, 6) is 1.78. The van der Waals surface area contributed by atoms with Gasteiger partial charge in [0.05, 0.1) is 0 Å². The summed E-state index contributed by atoms with van der Waals surface area (Å²) in [4.78, 5) is 0.